The highest BCUT2D eigenvalue weighted by Gasteiger charge is 2.15. The lowest BCUT2D eigenvalue weighted by Crippen LogP contribution is -2.06. The Morgan fingerprint density at radius 3 is 2.48 bits per heavy atom. The minimum Gasteiger partial charge on any atom is -0.462 e. The van der Waals surface area contributed by atoms with E-state index >= 15 is 0 Å². The van der Waals surface area contributed by atoms with E-state index in [2.05, 4.69) is 4.98 Å². The molecule has 0 amide bonds. The number of aromatic nitrogens is 1. The summed E-state index contributed by atoms with van der Waals surface area (Å²) in [6, 6.07) is 11.7. The van der Waals surface area contributed by atoms with Gasteiger partial charge in [0.05, 0.1) is 23.4 Å². The Balaban J connectivity index is 2.24. The van der Waals surface area contributed by atoms with Crippen molar-refractivity contribution >= 4 is 16.9 Å². The van der Waals surface area contributed by atoms with Crippen LogP contribution in [-0.4, -0.2) is 17.6 Å². The Kier molecular flexibility index (Phi) is 4.02. The fraction of sp³-hybridized carbons (Fsp3) is 0.111. The fourth-order valence-corrected chi connectivity index (χ4v) is 2.40. The van der Waals surface area contributed by atoms with Gasteiger partial charge in [-0.3, -0.25) is 0 Å². The molecule has 1 aromatic heterocycles. The summed E-state index contributed by atoms with van der Waals surface area (Å²) in [5.74, 6) is -1.90. The third-order valence-electron chi connectivity index (χ3n) is 3.37. The maximum absolute atomic E-state index is 13.4. The predicted molar refractivity (Wildman–Crippen MR) is 83.1 cm³/mol. The van der Waals surface area contributed by atoms with E-state index in [1.807, 2.05) is 0 Å². The molecule has 1 heterocycles. The van der Waals surface area contributed by atoms with Crippen LogP contribution in [-0.2, 0) is 4.74 Å². The molecule has 0 N–H and O–H groups in total. The Morgan fingerprint density at radius 2 is 1.78 bits per heavy atom. The van der Waals surface area contributed by atoms with Gasteiger partial charge in [0.25, 0.3) is 0 Å². The van der Waals surface area contributed by atoms with Crippen molar-refractivity contribution in [2.24, 2.45) is 0 Å². The number of ether oxygens (including phenoxy) is 1. The molecule has 0 unspecified atom stereocenters. The first kappa shape index (κ1) is 15.1. The van der Waals surface area contributed by atoms with Crippen LogP contribution in [0.1, 0.15) is 17.3 Å². The average Bonchev–Trinajstić information content (AvgIpc) is 2.53. The average molecular weight is 313 g/mol. The van der Waals surface area contributed by atoms with E-state index in [0.717, 1.165) is 6.07 Å². The molecule has 0 radical (unpaired) electrons. The van der Waals surface area contributed by atoms with E-state index in [1.54, 1.807) is 31.2 Å². The number of para-hydroxylation sites is 1. The SMILES string of the molecule is CCOC(=O)c1cc(-c2cc(F)cc(F)c2)nc2ccccc12. The summed E-state index contributed by atoms with van der Waals surface area (Å²) in [7, 11) is 0. The van der Waals surface area contributed by atoms with Crippen LogP contribution >= 0.6 is 0 Å². The van der Waals surface area contributed by atoms with E-state index in [9.17, 15) is 13.6 Å². The molecule has 0 atom stereocenters. The van der Waals surface area contributed by atoms with E-state index in [4.69, 9.17) is 4.74 Å². The van der Waals surface area contributed by atoms with Crippen LogP contribution in [0.5, 0.6) is 0 Å². The van der Waals surface area contributed by atoms with Gasteiger partial charge in [0.1, 0.15) is 11.6 Å². The molecule has 0 saturated carbocycles. The Hall–Kier alpha value is -2.82. The summed E-state index contributed by atoms with van der Waals surface area (Å²) in [5, 5.41) is 0.631. The number of rotatable bonds is 3. The molecule has 0 spiro atoms. The Labute approximate surface area is 131 Å². The summed E-state index contributed by atoms with van der Waals surface area (Å²) >= 11 is 0. The lowest BCUT2D eigenvalue weighted by molar-refractivity contribution is 0.0528. The van der Waals surface area contributed by atoms with Gasteiger partial charge in [0.2, 0.25) is 0 Å². The van der Waals surface area contributed by atoms with E-state index in [-0.39, 0.29) is 12.2 Å². The fourth-order valence-electron chi connectivity index (χ4n) is 2.40. The molecule has 0 aliphatic heterocycles. The van der Waals surface area contributed by atoms with Crippen molar-refractivity contribution in [2.45, 2.75) is 6.92 Å². The lowest BCUT2D eigenvalue weighted by Gasteiger charge is -2.09. The molecule has 0 aliphatic rings. The maximum Gasteiger partial charge on any atom is 0.338 e. The molecule has 0 saturated heterocycles. The second kappa shape index (κ2) is 6.12. The van der Waals surface area contributed by atoms with Gasteiger partial charge < -0.3 is 4.74 Å². The number of nitrogens with zero attached hydrogens (tertiary/aromatic N) is 1. The number of halogens is 2. The molecule has 5 heteroatoms. The number of carbonyl (C=O) groups is 1. The number of carbonyl (C=O) groups excluding carboxylic acids is 1. The molecule has 0 fully saturated rings. The minimum atomic E-state index is -0.701. The van der Waals surface area contributed by atoms with E-state index < -0.39 is 17.6 Å². The third-order valence-corrected chi connectivity index (χ3v) is 3.37. The smallest absolute Gasteiger partial charge is 0.338 e. The first-order chi connectivity index (χ1) is 11.1. The molecule has 3 nitrogen and oxygen atoms in total. The molecule has 2 aromatic carbocycles. The number of benzene rings is 2. The maximum atomic E-state index is 13.4. The molecule has 116 valence electrons. The highest BCUT2D eigenvalue weighted by molar-refractivity contribution is 6.04. The number of hydrogen-bond acceptors (Lipinski definition) is 3. The number of esters is 1. The van der Waals surface area contributed by atoms with Crippen molar-refractivity contribution in [1.82, 2.24) is 4.98 Å². The van der Waals surface area contributed by atoms with Crippen LogP contribution in [0.25, 0.3) is 22.2 Å². The first-order valence-electron chi connectivity index (χ1n) is 7.12. The van der Waals surface area contributed by atoms with Crippen LogP contribution in [0.15, 0.2) is 48.5 Å². The normalized spacial score (nSPS) is 10.7. The van der Waals surface area contributed by atoms with Gasteiger partial charge in [-0.05, 0) is 31.2 Å². The third kappa shape index (κ3) is 3.04. The van der Waals surface area contributed by atoms with Crippen LogP contribution in [0, 0.1) is 11.6 Å². The summed E-state index contributed by atoms with van der Waals surface area (Å²) in [4.78, 5) is 16.6. The van der Waals surface area contributed by atoms with Gasteiger partial charge in [-0.2, -0.15) is 0 Å². The summed E-state index contributed by atoms with van der Waals surface area (Å²) < 4.78 is 32.0. The second-order valence-corrected chi connectivity index (χ2v) is 4.95. The standard InChI is InChI=1S/C18H13F2NO2/c1-2-23-18(22)15-10-17(11-7-12(19)9-13(20)8-11)21-16-6-4-3-5-14(15)16/h3-10H,2H2,1H3. The van der Waals surface area contributed by atoms with Crippen molar-refractivity contribution in [1.29, 1.82) is 0 Å². The van der Waals surface area contributed by atoms with Crippen LogP contribution in [0.3, 0.4) is 0 Å². The molecule has 0 aliphatic carbocycles. The van der Waals surface area contributed by atoms with E-state index in [0.29, 0.717) is 22.2 Å². The lowest BCUT2D eigenvalue weighted by atomic mass is 10.0. The molecule has 3 aromatic rings. The Bertz CT molecular complexity index is 873. The number of pyridine rings is 1. The number of fused-ring (bicyclic) bond motifs is 1. The topological polar surface area (TPSA) is 39.2 Å². The first-order valence-corrected chi connectivity index (χ1v) is 7.12. The summed E-state index contributed by atoms with van der Waals surface area (Å²) in [6.07, 6.45) is 0. The number of hydrogen-bond donors (Lipinski definition) is 0. The van der Waals surface area contributed by atoms with Gasteiger partial charge in [0, 0.05) is 17.0 Å². The second-order valence-electron chi connectivity index (χ2n) is 4.95. The van der Waals surface area contributed by atoms with E-state index in [1.165, 1.54) is 18.2 Å². The quantitative estimate of drug-likeness (QED) is 0.675. The Morgan fingerprint density at radius 1 is 1.09 bits per heavy atom. The monoisotopic (exact) mass is 313 g/mol. The minimum absolute atomic E-state index is 0.236. The predicted octanol–water partition coefficient (Wildman–Crippen LogP) is 4.36. The zero-order valence-corrected chi connectivity index (χ0v) is 12.3. The van der Waals surface area contributed by atoms with Gasteiger partial charge in [-0.25, -0.2) is 18.6 Å². The molecule has 23 heavy (non-hydrogen) atoms. The summed E-state index contributed by atoms with van der Waals surface area (Å²) in [5.41, 5.74) is 1.44. The summed E-state index contributed by atoms with van der Waals surface area (Å²) in [6.45, 7) is 1.95. The van der Waals surface area contributed by atoms with Crippen molar-refractivity contribution in [2.75, 3.05) is 6.61 Å². The van der Waals surface area contributed by atoms with Crippen LogP contribution < -0.4 is 0 Å². The van der Waals surface area contributed by atoms with Gasteiger partial charge in [-0.1, -0.05) is 18.2 Å². The van der Waals surface area contributed by atoms with Crippen molar-refractivity contribution in [3.05, 3.63) is 65.7 Å². The highest BCUT2D eigenvalue weighted by Crippen LogP contribution is 2.26. The van der Waals surface area contributed by atoms with Gasteiger partial charge in [0.15, 0.2) is 0 Å². The molecule has 0 bridgehead atoms. The zero-order chi connectivity index (χ0) is 16.4. The molecule has 3 rings (SSSR count). The highest BCUT2D eigenvalue weighted by atomic mass is 19.1. The van der Waals surface area contributed by atoms with Crippen molar-refractivity contribution < 1.29 is 18.3 Å². The van der Waals surface area contributed by atoms with Gasteiger partial charge >= 0.3 is 5.97 Å². The largest absolute Gasteiger partial charge is 0.462 e. The van der Waals surface area contributed by atoms with Crippen molar-refractivity contribution in [3.63, 3.8) is 0 Å². The van der Waals surface area contributed by atoms with Crippen LogP contribution in [0.4, 0.5) is 8.78 Å². The van der Waals surface area contributed by atoms with Crippen molar-refractivity contribution in [3.8, 4) is 11.3 Å². The zero-order valence-electron chi connectivity index (χ0n) is 12.3. The van der Waals surface area contributed by atoms with Gasteiger partial charge in [-0.15, -0.1) is 0 Å². The molecular formula is C18H13F2NO2. The molecular weight excluding hydrogens is 300 g/mol. The van der Waals surface area contributed by atoms with Crippen LogP contribution in [0.2, 0.25) is 0 Å².